The number of aromatic nitrogens is 1. The SMILES string of the molecule is CNc1ccc2c(OC/C=C(\C)CCC=C(C)C)c(OC)c(=O)[nH]c2c1. The smallest absolute Gasteiger partial charge is 0.294 e. The van der Waals surface area contributed by atoms with Crippen molar-refractivity contribution in [2.24, 2.45) is 0 Å². The minimum atomic E-state index is -0.299. The Balaban J connectivity index is 2.24. The molecule has 0 aliphatic rings. The third-order valence-electron chi connectivity index (χ3n) is 4.17. The van der Waals surface area contributed by atoms with Gasteiger partial charge < -0.3 is 19.8 Å². The van der Waals surface area contributed by atoms with E-state index in [2.05, 4.69) is 37.1 Å². The van der Waals surface area contributed by atoms with Gasteiger partial charge in [0.05, 0.1) is 12.6 Å². The predicted molar refractivity (Wildman–Crippen MR) is 109 cm³/mol. The van der Waals surface area contributed by atoms with Crippen LogP contribution in [0.5, 0.6) is 11.5 Å². The van der Waals surface area contributed by atoms with Crippen LogP contribution in [0, 0.1) is 0 Å². The molecule has 2 rings (SSSR count). The van der Waals surface area contributed by atoms with E-state index in [1.54, 1.807) is 0 Å². The standard InChI is InChI=1S/C21H28N2O3/c1-14(2)7-6-8-15(3)11-12-26-19-17-10-9-16(22-4)13-18(17)23-21(24)20(19)25-5/h7,9-11,13,22H,6,8,12H2,1-5H3,(H,23,24)/b15-11+. The second-order valence-corrected chi connectivity index (χ2v) is 6.51. The molecule has 0 fully saturated rings. The monoisotopic (exact) mass is 356 g/mol. The third-order valence-corrected chi connectivity index (χ3v) is 4.17. The first kappa shape index (κ1) is 19.6. The van der Waals surface area contributed by atoms with E-state index >= 15 is 0 Å². The van der Waals surface area contributed by atoms with Crippen molar-refractivity contribution in [2.45, 2.75) is 33.6 Å². The molecule has 1 aromatic carbocycles. The first-order chi connectivity index (χ1) is 12.5. The number of hydrogen-bond acceptors (Lipinski definition) is 4. The van der Waals surface area contributed by atoms with Crippen LogP contribution in [0.3, 0.4) is 0 Å². The van der Waals surface area contributed by atoms with Crippen molar-refractivity contribution in [3.63, 3.8) is 0 Å². The number of anilines is 1. The van der Waals surface area contributed by atoms with Gasteiger partial charge in [0.1, 0.15) is 6.61 Å². The largest absolute Gasteiger partial charge is 0.488 e. The van der Waals surface area contributed by atoms with Gasteiger partial charge in [-0.05, 0) is 57.9 Å². The van der Waals surface area contributed by atoms with Crippen LogP contribution in [0.15, 0.2) is 46.3 Å². The third kappa shape index (κ3) is 4.91. The van der Waals surface area contributed by atoms with Crippen molar-refractivity contribution >= 4 is 16.6 Å². The molecule has 0 unspecified atom stereocenters. The number of pyridine rings is 1. The number of benzene rings is 1. The molecule has 0 radical (unpaired) electrons. The van der Waals surface area contributed by atoms with Crippen LogP contribution in [0.1, 0.15) is 33.6 Å². The summed E-state index contributed by atoms with van der Waals surface area (Å²) in [5, 5.41) is 3.88. The molecule has 0 saturated heterocycles. The number of H-pyrrole nitrogens is 1. The van der Waals surface area contributed by atoms with E-state index in [1.807, 2.05) is 31.3 Å². The van der Waals surface area contributed by atoms with E-state index in [4.69, 9.17) is 9.47 Å². The van der Waals surface area contributed by atoms with E-state index in [9.17, 15) is 4.79 Å². The number of nitrogens with one attached hydrogen (secondary N) is 2. The maximum Gasteiger partial charge on any atom is 0.294 e. The number of rotatable bonds is 8. The number of allylic oxidation sites excluding steroid dienone is 3. The fraction of sp³-hybridized carbons (Fsp3) is 0.381. The lowest BCUT2D eigenvalue weighted by atomic mass is 10.1. The summed E-state index contributed by atoms with van der Waals surface area (Å²) in [6, 6.07) is 5.73. The molecule has 0 bridgehead atoms. The van der Waals surface area contributed by atoms with Crippen molar-refractivity contribution in [3.8, 4) is 11.5 Å². The maximum atomic E-state index is 12.3. The first-order valence-corrected chi connectivity index (χ1v) is 8.79. The highest BCUT2D eigenvalue weighted by molar-refractivity contribution is 5.89. The molecule has 1 aromatic heterocycles. The van der Waals surface area contributed by atoms with Crippen molar-refractivity contribution < 1.29 is 9.47 Å². The molecular formula is C21H28N2O3. The fourth-order valence-electron chi connectivity index (χ4n) is 2.69. The highest BCUT2D eigenvalue weighted by Crippen LogP contribution is 2.32. The molecule has 2 aromatic rings. The average molecular weight is 356 g/mol. The van der Waals surface area contributed by atoms with Crippen LogP contribution < -0.4 is 20.3 Å². The van der Waals surface area contributed by atoms with Gasteiger partial charge in [-0.2, -0.15) is 0 Å². The average Bonchev–Trinajstić information content (AvgIpc) is 2.60. The second-order valence-electron chi connectivity index (χ2n) is 6.51. The van der Waals surface area contributed by atoms with Crippen LogP contribution in [0.25, 0.3) is 10.9 Å². The van der Waals surface area contributed by atoms with Crippen LogP contribution >= 0.6 is 0 Å². The molecule has 0 aliphatic heterocycles. The normalized spacial score (nSPS) is 11.3. The number of fused-ring (bicyclic) bond motifs is 1. The summed E-state index contributed by atoms with van der Waals surface area (Å²) in [4.78, 5) is 15.1. The second kappa shape index (κ2) is 9.13. The molecular weight excluding hydrogens is 328 g/mol. The Kier molecular flexibility index (Phi) is 6.89. The predicted octanol–water partition coefficient (Wildman–Crippen LogP) is 4.65. The summed E-state index contributed by atoms with van der Waals surface area (Å²) < 4.78 is 11.2. The van der Waals surface area contributed by atoms with Crippen molar-refractivity contribution in [3.05, 3.63) is 51.9 Å². The molecule has 2 N–H and O–H groups in total. The van der Waals surface area contributed by atoms with Gasteiger partial charge in [-0.25, -0.2) is 0 Å². The zero-order valence-corrected chi connectivity index (χ0v) is 16.2. The Hall–Kier alpha value is -2.69. The topological polar surface area (TPSA) is 63.4 Å². The quantitative estimate of drug-likeness (QED) is 0.676. The van der Waals surface area contributed by atoms with Gasteiger partial charge in [0.15, 0.2) is 5.75 Å². The maximum absolute atomic E-state index is 12.3. The lowest BCUT2D eigenvalue weighted by Crippen LogP contribution is -2.12. The molecule has 26 heavy (non-hydrogen) atoms. The van der Waals surface area contributed by atoms with Gasteiger partial charge in [-0.1, -0.05) is 17.2 Å². The van der Waals surface area contributed by atoms with Crippen molar-refractivity contribution in [1.29, 1.82) is 0 Å². The molecule has 5 heteroatoms. The van der Waals surface area contributed by atoms with E-state index < -0.39 is 0 Å². The molecule has 1 heterocycles. The summed E-state index contributed by atoms with van der Waals surface area (Å²) in [5.41, 5.74) is 3.91. The van der Waals surface area contributed by atoms with Crippen molar-refractivity contribution in [1.82, 2.24) is 4.98 Å². The van der Waals surface area contributed by atoms with Gasteiger partial charge in [0.25, 0.3) is 5.56 Å². The Morgan fingerprint density at radius 1 is 1.19 bits per heavy atom. The van der Waals surface area contributed by atoms with Gasteiger partial charge in [0, 0.05) is 18.1 Å². The number of ether oxygens (including phenoxy) is 2. The fourth-order valence-corrected chi connectivity index (χ4v) is 2.69. The zero-order chi connectivity index (χ0) is 19.1. The van der Waals surface area contributed by atoms with E-state index in [0.717, 1.165) is 23.9 Å². The molecule has 0 spiro atoms. The number of hydrogen-bond donors (Lipinski definition) is 2. The first-order valence-electron chi connectivity index (χ1n) is 8.79. The zero-order valence-electron chi connectivity index (χ0n) is 16.2. The Bertz CT molecular complexity index is 875. The Morgan fingerprint density at radius 3 is 2.62 bits per heavy atom. The van der Waals surface area contributed by atoms with E-state index in [1.165, 1.54) is 18.3 Å². The number of aromatic amines is 1. The van der Waals surface area contributed by atoms with Crippen LogP contribution in [0.2, 0.25) is 0 Å². The lowest BCUT2D eigenvalue weighted by Gasteiger charge is -2.13. The van der Waals surface area contributed by atoms with E-state index in [0.29, 0.717) is 17.9 Å². The van der Waals surface area contributed by atoms with Crippen LogP contribution in [-0.4, -0.2) is 25.7 Å². The Labute approximate surface area is 154 Å². The van der Waals surface area contributed by atoms with Crippen LogP contribution in [-0.2, 0) is 0 Å². The van der Waals surface area contributed by atoms with Gasteiger partial charge in [0.2, 0.25) is 5.75 Å². The van der Waals surface area contributed by atoms with Gasteiger partial charge in [-0.3, -0.25) is 4.79 Å². The Morgan fingerprint density at radius 2 is 1.96 bits per heavy atom. The molecule has 140 valence electrons. The summed E-state index contributed by atoms with van der Waals surface area (Å²) in [6.45, 7) is 6.69. The minimum Gasteiger partial charge on any atom is -0.488 e. The summed E-state index contributed by atoms with van der Waals surface area (Å²) in [5.74, 6) is 0.674. The number of methoxy groups -OCH3 is 1. The highest BCUT2D eigenvalue weighted by Gasteiger charge is 2.14. The lowest BCUT2D eigenvalue weighted by molar-refractivity contribution is 0.326. The molecule has 0 saturated carbocycles. The van der Waals surface area contributed by atoms with Crippen LogP contribution in [0.4, 0.5) is 5.69 Å². The van der Waals surface area contributed by atoms with E-state index in [-0.39, 0.29) is 11.3 Å². The highest BCUT2D eigenvalue weighted by atomic mass is 16.5. The molecule has 5 nitrogen and oxygen atoms in total. The molecule has 0 aliphatic carbocycles. The minimum absolute atomic E-state index is 0.199. The summed E-state index contributed by atoms with van der Waals surface area (Å²) in [6.07, 6.45) is 6.29. The van der Waals surface area contributed by atoms with Gasteiger partial charge in [-0.15, -0.1) is 0 Å². The molecule has 0 amide bonds. The summed E-state index contributed by atoms with van der Waals surface area (Å²) in [7, 11) is 3.31. The van der Waals surface area contributed by atoms with Crippen molar-refractivity contribution in [2.75, 3.05) is 26.1 Å². The summed E-state index contributed by atoms with van der Waals surface area (Å²) >= 11 is 0. The van der Waals surface area contributed by atoms with Gasteiger partial charge >= 0.3 is 0 Å². The molecule has 0 atom stereocenters.